The minimum Gasteiger partial charge on any atom is -0.481 e. The van der Waals surface area contributed by atoms with Crippen molar-refractivity contribution in [3.05, 3.63) is 83.3 Å². The third-order valence-electron chi connectivity index (χ3n) is 3.61. The van der Waals surface area contributed by atoms with Gasteiger partial charge in [-0.25, -0.2) is 0 Å². The predicted molar refractivity (Wildman–Crippen MR) is 106 cm³/mol. The Morgan fingerprint density at radius 1 is 0.885 bits per heavy atom. The van der Waals surface area contributed by atoms with Gasteiger partial charge in [0.1, 0.15) is 11.5 Å². The lowest BCUT2D eigenvalue weighted by Gasteiger charge is -2.16. The van der Waals surface area contributed by atoms with Gasteiger partial charge in [-0.1, -0.05) is 46.3 Å². The zero-order chi connectivity index (χ0) is 18.4. The van der Waals surface area contributed by atoms with E-state index in [-0.39, 0.29) is 5.91 Å². The number of carbonyl (C=O) groups excluding carboxylic acids is 1. The van der Waals surface area contributed by atoms with Gasteiger partial charge in [-0.3, -0.25) is 4.79 Å². The fraction of sp³-hybridized carbons (Fsp3) is 0.0952. The lowest BCUT2D eigenvalue weighted by Crippen LogP contribution is -2.30. The van der Waals surface area contributed by atoms with E-state index in [4.69, 9.17) is 9.47 Å². The van der Waals surface area contributed by atoms with Gasteiger partial charge in [-0.2, -0.15) is 0 Å². The van der Waals surface area contributed by atoms with Crippen LogP contribution in [0.25, 0.3) is 0 Å². The number of hydrogen-bond acceptors (Lipinski definition) is 3. The first-order valence-corrected chi connectivity index (χ1v) is 8.96. The Morgan fingerprint density at radius 3 is 2.27 bits per heavy atom. The molecule has 0 saturated heterocycles. The van der Waals surface area contributed by atoms with Crippen LogP contribution < -0.4 is 14.8 Å². The molecule has 0 aromatic heterocycles. The lowest BCUT2D eigenvalue weighted by molar-refractivity contribution is -0.122. The van der Waals surface area contributed by atoms with Crippen molar-refractivity contribution in [3.63, 3.8) is 0 Å². The maximum absolute atomic E-state index is 12.5. The maximum Gasteiger partial charge on any atom is 0.265 e. The van der Waals surface area contributed by atoms with Crippen molar-refractivity contribution >= 4 is 27.5 Å². The summed E-state index contributed by atoms with van der Waals surface area (Å²) in [5.74, 6) is 1.65. The SMILES string of the molecule is CC(Oc1ccc(Br)cc1)C(=O)Nc1ccccc1Oc1ccccc1. The van der Waals surface area contributed by atoms with Gasteiger partial charge in [0.2, 0.25) is 0 Å². The largest absolute Gasteiger partial charge is 0.481 e. The van der Waals surface area contributed by atoms with Crippen LogP contribution in [0.5, 0.6) is 17.2 Å². The number of anilines is 1. The number of ether oxygens (including phenoxy) is 2. The van der Waals surface area contributed by atoms with Crippen molar-refractivity contribution in [1.29, 1.82) is 0 Å². The van der Waals surface area contributed by atoms with Crippen molar-refractivity contribution in [2.75, 3.05) is 5.32 Å². The zero-order valence-corrected chi connectivity index (χ0v) is 15.8. The van der Waals surface area contributed by atoms with E-state index >= 15 is 0 Å². The van der Waals surface area contributed by atoms with Crippen molar-refractivity contribution < 1.29 is 14.3 Å². The summed E-state index contributed by atoms with van der Waals surface area (Å²) in [5, 5.41) is 2.86. The Morgan fingerprint density at radius 2 is 1.54 bits per heavy atom. The third-order valence-corrected chi connectivity index (χ3v) is 4.14. The number of amides is 1. The molecule has 26 heavy (non-hydrogen) atoms. The lowest BCUT2D eigenvalue weighted by atomic mass is 10.2. The summed E-state index contributed by atoms with van der Waals surface area (Å²) in [6, 6.07) is 24.1. The Bertz CT molecular complexity index is 866. The van der Waals surface area contributed by atoms with E-state index in [2.05, 4.69) is 21.2 Å². The van der Waals surface area contributed by atoms with E-state index in [1.165, 1.54) is 0 Å². The van der Waals surface area contributed by atoms with E-state index < -0.39 is 6.10 Å². The predicted octanol–water partition coefficient (Wildman–Crippen LogP) is 5.65. The van der Waals surface area contributed by atoms with E-state index in [1.807, 2.05) is 60.7 Å². The monoisotopic (exact) mass is 411 g/mol. The average molecular weight is 412 g/mol. The first-order chi connectivity index (χ1) is 12.6. The molecule has 5 heteroatoms. The van der Waals surface area contributed by atoms with Crippen molar-refractivity contribution in [1.82, 2.24) is 0 Å². The van der Waals surface area contributed by atoms with E-state index in [0.717, 1.165) is 4.47 Å². The van der Waals surface area contributed by atoms with Crippen LogP contribution in [0.2, 0.25) is 0 Å². The van der Waals surface area contributed by atoms with Crippen molar-refractivity contribution in [2.24, 2.45) is 0 Å². The maximum atomic E-state index is 12.5. The topological polar surface area (TPSA) is 47.6 Å². The molecule has 4 nitrogen and oxygen atoms in total. The van der Waals surface area contributed by atoms with Gasteiger partial charge in [0, 0.05) is 4.47 Å². The smallest absolute Gasteiger partial charge is 0.265 e. The van der Waals surface area contributed by atoms with Gasteiger partial charge in [0.05, 0.1) is 5.69 Å². The summed E-state index contributed by atoms with van der Waals surface area (Å²) in [6.07, 6.45) is -0.652. The molecular weight excluding hydrogens is 394 g/mol. The molecule has 3 rings (SSSR count). The number of halogens is 1. The number of benzene rings is 3. The highest BCUT2D eigenvalue weighted by atomic mass is 79.9. The van der Waals surface area contributed by atoms with Crippen molar-refractivity contribution in [3.8, 4) is 17.2 Å². The highest BCUT2D eigenvalue weighted by Crippen LogP contribution is 2.29. The van der Waals surface area contributed by atoms with Crippen LogP contribution >= 0.6 is 15.9 Å². The Hall–Kier alpha value is -2.79. The third kappa shape index (κ3) is 4.86. The Balaban J connectivity index is 1.68. The van der Waals surface area contributed by atoms with Crippen LogP contribution in [0.1, 0.15) is 6.92 Å². The summed E-state index contributed by atoms with van der Waals surface area (Å²) in [6.45, 7) is 1.71. The Kier molecular flexibility index (Phi) is 5.92. The first kappa shape index (κ1) is 18.0. The second kappa shape index (κ2) is 8.54. The molecule has 0 aliphatic heterocycles. The molecule has 0 bridgehead atoms. The molecule has 132 valence electrons. The van der Waals surface area contributed by atoms with Crippen LogP contribution in [0.15, 0.2) is 83.3 Å². The van der Waals surface area contributed by atoms with Gasteiger partial charge in [0.25, 0.3) is 5.91 Å². The van der Waals surface area contributed by atoms with Gasteiger partial charge >= 0.3 is 0 Å². The molecule has 0 aliphatic rings. The van der Waals surface area contributed by atoms with Gasteiger partial charge in [-0.05, 0) is 55.5 Å². The molecule has 3 aromatic rings. The molecule has 1 amide bonds. The van der Waals surface area contributed by atoms with E-state index in [0.29, 0.717) is 22.9 Å². The minimum absolute atomic E-state index is 0.253. The normalized spacial score (nSPS) is 11.5. The standard InChI is InChI=1S/C21H18BrNO3/c1-15(25-18-13-11-16(22)12-14-18)21(24)23-19-9-5-6-10-20(19)26-17-7-3-2-4-8-17/h2-15H,1H3,(H,23,24). The highest BCUT2D eigenvalue weighted by Gasteiger charge is 2.17. The molecule has 0 spiro atoms. The number of carbonyl (C=O) groups is 1. The van der Waals surface area contributed by atoms with Crippen molar-refractivity contribution in [2.45, 2.75) is 13.0 Å². The van der Waals surface area contributed by atoms with E-state index in [9.17, 15) is 4.79 Å². The second-order valence-corrected chi connectivity index (χ2v) is 6.53. The molecule has 1 atom stereocenters. The highest BCUT2D eigenvalue weighted by molar-refractivity contribution is 9.10. The summed E-state index contributed by atoms with van der Waals surface area (Å²) in [7, 11) is 0. The van der Waals surface area contributed by atoms with Crippen LogP contribution in [0.4, 0.5) is 5.69 Å². The molecule has 0 saturated carbocycles. The van der Waals surface area contributed by atoms with Crippen LogP contribution in [-0.4, -0.2) is 12.0 Å². The average Bonchev–Trinajstić information content (AvgIpc) is 2.66. The number of rotatable bonds is 6. The Labute approximate surface area is 160 Å². The van der Waals surface area contributed by atoms with E-state index in [1.54, 1.807) is 25.1 Å². The van der Waals surface area contributed by atoms with Gasteiger partial charge < -0.3 is 14.8 Å². The fourth-order valence-electron chi connectivity index (χ4n) is 2.28. The fourth-order valence-corrected chi connectivity index (χ4v) is 2.54. The second-order valence-electron chi connectivity index (χ2n) is 5.61. The number of para-hydroxylation sites is 3. The van der Waals surface area contributed by atoms with Crippen LogP contribution in [0, 0.1) is 0 Å². The summed E-state index contributed by atoms with van der Waals surface area (Å²) < 4.78 is 12.5. The molecule has 1 unspecified atom stereocenters. The van der Waals surface area contributed by atoms with Crippen LogP contribution in [-0.2, 0) is 4.79 Å². The van der Waals surface area contributed by atoms with Gasteiger partial charge in [0.15, 0.2) is 11.9 Å². The number of nitrogens with one attached hydrogen (secondary N) is 1. The summed E-state index contributed by atoms with van der Waals surface area (Å²) in [4.78, 5) is 12.5. The molecule has 3 aromatic carbocycles. The molecular formula is C21H18BrNO3. The quantitative estimate of drug-likeness (QED) is 0.570. The molecule has 0 radical (unpaired) electrons. The summed E-state index contributed by atoms with van der Waals surface area (Å²) in [5.41, 5.74) is 0.590. The molecule has 1 N–H and O–H groups in total. The summed E-state index contributed by atoms with van der Waals surface area (Å²) >= 11 is 3.37. The van der Waals surface area contributed by atoms with Crippen LogP contribution in [0.3, 0.4) is 0 Å². The van der Waals surface area contributed by atoms with Gasteiger partial charge in [-0.15, -0.1) is 0 Å². The molecule has 0 heterocycles. The first-order valence-electron chi connectivity index (χ1n) is 8.17. The zero-order valence-electron chi connectivity index (χ0n) is 14.2. The molecule has 0 fully saturated rings. The molecule has 0 aliphatic carbocycles. The number of hydrogen-bond donors (Lipinski definition) is 1. The minimum atomic E-state index is -0.652.